The van der Waals surface area contributed by atoms with Crippen LogP contribution in [0.4, 0.5) is 4.79 Å². The Morgan fingerprint density at radius 3 is 2.76 bits per heavy atom. The van der Waals surface area contributed by atoms with Crippen LogP contribution >= 0.6 is 0 Å². The van der Waals surface area contributed by atoms with Crippen LogP contribution < -0.4 is 10.6 Å². The van der Waals surface area contributed by atoms with E-state index < -0.39 is 0 Å². The summed E-state index contributed by atoms with van der Waals surface area (Å²) in [5, 5.41) is 5.52. The summed E-state index contributed by atoms with van der Waals surface area (Å²) in [6.07, 6.45) is 3.65. The molecule has 2 amide bonds. The molecule has 0 aliphatic carbocycles. The fourth-order valence-electron chi connectivity index (χ4n) is 1.88. The molecule has 0 unspecified atom stereocenters. The minimum absolute atomic E-state index is 0.215. The summed E-state index contributed by atoms with van der Waals surface area (Å²) in [6.45, 7) is 7.22. The minimum Gasteiger partial charge on any atom is -0.334 e. The van der Waals surface area contributed by atoms with E-state index >= 15 is 0 Å². The molecule has 1 heterocycles. The molecule has 2 aromatic rings. The van der Waals surface area contributed by atoms with Crippen molar-refractivity contribution in [3.63, 3.8) is 0 Å². The van der Waals surface area contributed by atoms with Crippen LogP contribution in [0.25, 0.3) is 0 Å². The van der Waals surface area contributed by atoms with E-state index in [4.69, 9.17) is 0 Å². The van der Waals surface area contributed by atoms with E-state index in [1.165, 1.54) is 5.56 Å². The normalized spacial score (nSPS) is 10.1. The van der Waals surface area contributed by atoms with Crippen molar-refractivity contribution in [1.82, 2.24) is 20.2 Å². The number of nitrogens with one attached hydrogen (secondary N) is 2. The Kier molecular flexibility index (Phi) is 5.15. The molecule has 2 rings (SSSR count). The molecule has 0 fully saturated rings. The van der Waals surface area contributed by atoms with E-state index in [1.54, 1.807) is 6.20 Å². The van der Waals surface area contributed by atoms with Gasteiger partial charge >= 0.3 is 6.03 Å². The van der Waals surface area contributed by atoms with Crippen LogP contribution in [0.2, 0.25) is 0 Å². The number of nitrogens with zero attached hydrogens (tertiary/aromatic N) is 2. The molecule has 0 atom stereocenters. The smallest absolute Gasteiger partial charge is 0.315 e. The third kappa shape index (κ3) is 4.80. The molecule has 0 bridgehead atoms. The Hall–Kier alpha value is -2.56. The summed E-state index contributed by atoms with van der Waals surface area (Å²) in [6, 6.07) is 9.93. The number of hydrogen-bond acceptors (Lipinski definition) is 2. The van der Waals surface area contributed by atoms with Gasteiger partial charge in [0.15, 0.2) is 0 Å². The van der Waals surface area contributed by atoms with Crippen LogP contribution in [-0.4, -0.2) is 22.1 Å². The average Bonchev–Trinajstić information content (AvgIpc) is 2.91. The molecule has 0 aliphatic rings. The predicted octanol–water partition coefficient (Wildman–Crippen LogP) is 2.31. The third-order valence-corrected chi connectivity index (χ3v) is 2.96. The highest BCUT2D eigenvalue weighted by Gasteiger charge is 2.05. The summed E-state index contributed by atoms with van der Waals surface area (Å²) >= 11 is 0. The maximum absolute atomic E-state index is 11.6. The van der Waals surface area contributed by atoms with Crippen molar-refractivity contribution >= 4 is 6.03 Å². The second-order valence-corrected chi connectivity index (χ2v) is 4.95. The van der Waals surface area contributed by atoms with Crippen molar-refractivity contribution in [2.45, 2.75) is 20.0 Å². The molecule has 110 valence electrons. The Morgan fingerprint density at radius 1 is 1.29 bits per heavy atom. The van der Waals surface area contributed by atoms with Crippen LogP contribution in [0.1, 0.15) is 18.3 Å². The molecule has 0 aliphatic heterocycles. The molecular formula is C16H20N4O. The Bertz CT molecular complexity index is 604. The first kappa shape index (κ1) is 14.8. The lowest BCUT2D eigenvalue weighted by atomic mass is 10.2. The number of aromatic nitrogens is 2. The summed E-state index contributed by atoms with van der Waals surface area (Å²) in [5.41, 5.74) is 2.11. The molecule has 0 radical (unpaired) electrons. The number of urea groups is 1. The number of benzene rings is 1. The molecule has 0 saturated heterocycles. The molecule has 1 aromatic heterocycles. The van der Waals surface area contributed by atoms with Gasteiger partial charge in [0.2, 0.25) is 0 Å². The lowest BCUT2D eigenvalue weighted by molar-refractivity contribution is 0.241. The highest BCUT2D eigenvalue weighted by Crippen LogP contribution is 2.05. The summed E-state index contributed by atoms with van der Waals surface area (Å²) in [7, 11) is 0. The molecule has 0 saturated carbocycles. The first-order valence-electron chi connectivity index (χ1n) is 6.85. The van der Waals surface area contributed by atoms with E-state index in [1.807, 2.05) is 35.9 Å². The van der Waals surface area contributed by atoms with Crippen LogP contribution in [-0.2, 0) is 13.1 Å². The first-order valence-corrected chi connectivity index (χ1v) is 6.85. The van der Waals surface area contributed by atoms with E-state index in [0.29, 0.717) is 13.1 Å². The van der Waals surface area contributed by atoms with Crippen molar-refractivity contribution in [3.05, 3.63) is 66.3 Å². The lowest BCUT2D eigenvalue weighted by Crippen LogP contribution is -2.36. The molecule has 5 heteroatoms. The van der Waals surface area contributed by atoms with Gasteiger partial charge in [0, 0.05) is 25.5 Å². The van der Waals surface area contributed by atoms with Gasteiger partial charge in [-0.05, 0) is 12.5 Å². The quantitative estimate of drug-likeness (QED) is 0.800. The van der Waals surface area contributed by atoms with Gasteiger partial charge in [0.05, 0.1) is 6.54 Å². The van der Waals surface area contributed by atoms with Crippen LogP contribution in [0, 0.1) is 0 Å². The van der Waals surface area contributed by atoms with Gasteiger partial charge in [-0.25, -0.2) is 9.78 Å². The van der Waals surface area contributed by atoms with E-state index in [-0.39, 0.29) is 6.03 Å². The number of imidazole rings is 1. The van der Waals surface area contributed by atoms with Crippen molar-refractivity contribution in [2.75, 3.05) is 6.54 Å². The molecular weight excluding hydrogens is 264 g/mol. The van der Waals surface area contributed by atoms with Crippen molar-refractivity contribution in [2.24, 2.45) is 0 Å². The number of carbonyl (C=O) groups is 1. The highest BCUT2D eigenvalue weighted by atomic mass is 16.2. The van der Waals surface area contributed by atoms with Gasteiger partial charge in [-0.1, -0.05) is 42.5 Å². The monoisotopic (exact) mass is 284 g/mol. The molecule has 5 nitrogen and oxygen atoms in total. The average molecular weight is 284 g/mol. The van der Waals surface area contributed by atoms with Crippen molar-refractivity contribution < 1.29 is 4.79 Å². The van der Waals surface area contributed by atoms with E-state index in [9.17, 15) is 4.79 Å². The minimum atomic E-state index is -0.215. The fourth-order valence-corrected chi connectivity index (χ4v) is 1.88. The largest absolute Gasteiger partial charge is 0.334 e. The van der Waals surface area contributed by atoms with Gasteiger partial charge in [-0.15, -0.1) is 0 Å². The molecule has 1 aromatic carbocycles. The summed E-state index contributed by atoms with van der Waals surface area (Å²) < 4.78 is 2.02. The lowest BCUT2D eigenvalue weighted by Gasteiger charge is -2.10. The van der Waals surface area contributed by atoms with Crippen molar-refractivity contribution in [3.8, 4) is 0 Å². The van der Waals surface area contributed by atoms with E-state index in [2.05, 4.69) is 34.3 Å². The van der Waals surface area contributed by atoms with Gasteiger partial charge < -0.3 is 15.2 Å². The van der Waals surface area contributed by atoms with Gasteiger partial charge in [-0.2, -0.15) is 0 Å². The van der Waals surface area contributed by atoms with Crippen molar-refractivity contribution in [1.29, 1.82) is 0 Å². The molecule has 21 heavy (non-hydrogen) atoms. The third-order valence-electron chi connectivity index (χ3n) is 2.96. The Balaban J connectivity index is 1.89. The second kappa shape index (κ2) is 7.28. The van der Waals surface area contributed by atoms with Gasteiger partial charge in [-0.3, -0.25) is 0 Å². The zero-order valence-electron chi connectivity index (χ0n) is 12.2. The topological polar surface area (TPSA) is 59.0 Å². The zero-order chi connectivity index (χ0) is 15.1. The molecule has 0 spiro atoms. The standard InChI is InChI=1S/C16H20N4O/c1-13(2)10-18-16(21)19-11-15-17-8-9-20(15)12-14-6-4-3-5-7-14/h3-9H,1,10-12H2,2H3,(H2,18,19,21). The first-order chi connectivity index (χ1) is 10.1. The van der Waals surface area contributed by atoms with E-state index in [0.717, 1.165) is 17.9 Å². The van der Waals surface area contributed by atoms with Crippen LogP contribution in [0.3, 0.4) is 0 Å². The number of hydrogen-bond donors (Lipinski definition) is 2. The number of carbonyl (C=O) groups excluding carboxylic acids is 1. The van der Waals surface area contributed by atoms with Gasteiger partial charge in [0.1, 0.15) is 5.82 Å². The Labute approximate surface area is 124 Å². The second-order valence-electron chi connectivity index (χ2n) is 4.95. The summed E-state index contributed by atoms with van der Waals surface area (Å²) in [4.78, 5) is 15.9. The zero-order valence-corrected chi connectivity index (χ0v) is 12.2. The maximum Gasteiger partial charge on any atom is 0.315 e. The Morgan fingerprint density at radius 2 is 2.05 bits per heavy atom. The van der Waals surface area contributed by atoms with Crippen LogP contribution in [0.15, 0.2) is 54.9 Å². The predicted molar refractivity (Wildman–Crippen MR) is 82.8 cm³/mol. The highest BCUT2D eigenvalue weighted by molar-refractivity contribution is 5.73. The van der Waals surface area contributed by atoms with Crippen LogP contribution in [0.5, 0.6) is 0 Å². The molecule has 2 N–H and O–H groups in total. The number of rotatable bonds is 6. The van der Waals surface area contributed by atoms with Gasteiger partial charge in [0.25, 0.3) is 0 Å². The SMILES string of the molecule is C=C(C)CNC(=O)NCc1nccn1Cc1ccccc1. The summed E-state index contributed by atoms with van der Waals surface area (Å²) in [5.74, 6) is 0.823. The maximum atomic E-state index is 11.6. The fraction of sp³-hybridized carbons (Fsp3) is 0.250. The number of amides is 2.